The summed E-state index contributed by atoms with van der Waals surface area (Å²) in [6.07, 6.45) is -5.38. The third-order valence-corrected chi connectivity index (χ3v) is 7.24. The molecular formula is C22H20F4N4O7S. The molecule has 2 aromatic carbocycles. The molecule has 1 amide bonds. The van der Waals surface area contributed by atoms with E-state index in [9.17, 15) is 40.4 Å². The number of carbonyl (C=O) groups is 1. The topological polar surface area (TPSA) is 151 Å². The van der Waals surface area contributed by atoms with Crippen molar-refractivity contribution in [3.05, 3.63) is 86.9 Å². The number of carbonyl (C=O) groups excluding carboxylic acids is 1. The predicted molar refractivity (Wildman–Crippen MR) is 123 cm³/mol. The molecule has 0 saturated carbocycles. The number of nitrogens with zero attached hydrogens (tertiary/aromatic N) is 2. The Bertz CT molecular complexity index is 1520. The monoisotopic (exact) mass is 560 g/mol. The van der Waals surface area contributed by atoms with E-state index in [4.69, 9.17) is 9.94 Å². The van der Waals surface area contributed by atoms with E-state index < -0.39 is 63.7 Å². The van der Waals surface area contributed by atoms with Gasteiger partial charge in [0.2, 0.25) is 10.0 Å². The number of rotatable bonds is 9. The molecule has 3 rings (SSSR count). The number of sulfonamides is 1. The quantitative estimate of drug-likeness (QED) is 0.206. The number of aromatic nitrogens is 2. The summed E-state index contributed by atoms with van der Waals surface area (Å²) in [4.78, 5) is 36.9. The summed E-state index contributed by atoms with van der Waals surface area (Å²) < 4.78 is 84.9. The van der Waals surface area contributed by atoms with Crippen molar-refractivity contribution >= 4 is 15.9 Å². The van der Waals surface area contributed by atoms with Crippen LogP contribution in [-0.2, 0) is 27.5 Å². The van der Waals surface area contributed by atoms with E-state index in [2.05, 4.69) is 0 Å². The Morgan fingerprint density at radius 3 is 2.18 bits per heavy atom. The molecule has 0 fully saturated rings. The molecule has 3 aromatic rings. The van der Waals surface area contributed by atoms with E-state index in [0.29, 0.717) is 8.87 Å². The van der Waals surface area contributed by atoms with Crippen LogP contribution in [0.1, 0.15) is 12.0 Å². The zero-order chi connectivity index (χ0) is 28.3. The maximum absolute atomic E-state index is 13.1. The summed E-state index contributed by atoms with van der Waals surface area (Å²) in [6.45, 7) is -0.624. The largest absolute Gasteiger partial charge is 0.457 e. The number of aromatic amines is 1. The fraction of sp³-hybridized carbons (Fsp3) is 0.227. The summed E-state index contributed by atoms with van der Waals surface area (Å²) in [5.74, 6) is -1.21. The number of aryl methyl sites for hydroxylation is 1. The van der Waals surface area contributed by atoms with Gasteiger partial charge in [0, 0.05) is 19.8 Å². The van der Waals surface area contributed by atoms with Crippen LogP contribution in [0.25, 0.3) is 0 Å². The third kappa shape index (κ3) is 6.45. The number of nitrogens with one attached hydrogen (secondary N) is 2. The van der Waals surface area contributed by atoms with Crippen molar-refractivity contribution in [3.8, 4) is 11.5 Å². The van der Waals surface area contributed by atoms with Crippen molar-refractivity contribution in [2.24, 2.45) is 0 Å². The normalized spacial score (nSPS) is 12.8. The van der Waals surface area contributed by atoms with Crippen molar-refractivity contribution in [3.63, 3.8) is 0 Å². The molecular weight excluding hydrogens is 540 g/mol. The van der Waals surface area contributed by atoms with E-state index in [1.54, 1.807) is 0 Å². The molecule has 38 heavy (non-hydrogen) atoms. The van der Waals surface area contributed by atoms with E-state index in [1.807, 2.05) is 0 Å². The lowest BCUT2D eigenvalue weighted by Gasteiger charge is -2.26. The van der Waals surface area contributed by atoms with Gasteiger partial charge in [-0.3, -0.25) is 24.3 Å². The van der Waals surface area contributed by atoms with Gasteiger partial charge in [0.15, 0.2) is 0 Å². The SMILES string of the molecule is CN(C(CCn1cc(C(F)(F)F)c(=O)[nH]c1=O)C(=O)NO)S(=O)(=O)c1ccc(Oc2ccc(F)cc2)cc1. The molecule has 0 spiro atoms. The molecule has 16 heteroatoms. The molecule has 0 saturated heterocycles. The van der Waals surface area contributed by atoms with E-state index in [0.717, 1.165) is 19.2 Å². The summed E-state index contributed by atoms with van der Waals surface area (Å²) in [7, 11) is -3.42. The zero-order valence-electron chi connectivity index (χ0n) is 19.4. The Labute approximate surface area is 211 Å². The molecule has 11 nitrogen and oxygen atoms in total. The van der Waals surface area contributed by atoms with E-state index >= 15 is 0 Å². The molecule has 1 heterocycles. The third-order valence-electron chi connectivity index (χ3n) is 5.36. The second-order valence-electron chi connectivity index (χ2n) is 7.82. The lowest BCUT2D eigenvalue weighted by Crippen LogP contribution is -2.47. The van der Waals surface area contributed by atoms with Gasteiger partial charge in [0.05, 0.1) is 4.90 Å². The van der Waals surface area contributed by atoms with Crippen molar-refractivity contribution in [2.75, 3.05) is 7.05 Å². The lowest BCUT2D eigenvalue weighted by atomic mass is 10.2. The van der Waals surface area contributed by atoms with Gasteiger partial charge in [-0.2, -0.15) is 17.5 Å². The highest BCUT2D eigenvalue weighted by Crippen LogP contribution is 2.27. The van der Waals surface area contributed by atoms with Crippen LogP contribution in [0.4, 0.5) is 17.6 Å². The number of ether oxygens (including phenoxy) is 1. The maximum Gasteiger partial charge on any atom is 0.423 e. The van der Waals surface area contributed by atoms with Crippen molar-refractivity contribution in [1.29, 1.82) is 0 Å². The second-order valence-corrected chi connectivity index (χ2v) is 9.82. The van der Waals surface area contributed by atoms with Crippen LogP contribution in [0.15, 0.2) is 69.2 Å². The first kappa shape index (κ1) is 28.5. The van der Waals surface area contributed by atoms with Crippen LogP contribution in [0.3, 0.4) is 0 Å². The minimum absolute atomic E-state index is 0.209. The molecule has 0 aliphatic carbocycles. The van der Waals surface area contributed by atoms with Gasteiger partial charge in [0.25, 0.3) is 11.5 Å². The van der Waals surface area contributed by atoms with E-state index in [1.165, 1.54) is 46.9 Å². The number of alkyl halides is 3. The summed E-state index contributed by atoms with van der Waals surface area (Å²) in [5, 5.41) is 9.10. The molecule has 3 N–H and O–H groups in total. The number of hydrogen-bond donors (Lipinski definition) is 3. The predicted octanol–water partition coefficient (Wildman–Crippen LogP) is 2.07. The maximum atomic E-state index is 13.1. The molecule has 0 radical (unpaired) electrons. The first-order chi connectivity index (χ1) is 17.7. The fourth-order valence-electron chi connectivity index (χ4n) is 3.34. The van der Waals surface area contributed by atoms with Crippen molar-refractivity contribution in [2.45, 2.75) is 30.1 Å². The lowest BCUT2D eigenvalue weighted by molar-refractivity contribution is -0.139. The van der Waals surface area contributed by atoms with Gasteiger partial charge in [-0.25, -0.2) is 23.1 Å². The molecule has 0 bridgehead atoms. The highest BCUT2D eigenvalue weighted by molar-refractivity contribution is 7.89. The van der Waals surface area contributed by atoms with E-state index in [-0.39, 0.29) is 22.6 Å². The minimum Gasteiger partial charge on any atom is -0.457 e. The summed E-state index contributed by atoms with van der Waals surface area (Å²) >= 11 is 0. The molecule has 1 atom stereocenters. The van der Waals surface area contributed by atoms with Crippen LogP contribution in [0.5, 0.6) is 11.5 Å². The number of likely N-dealkylation sites (N-methyl/N-ethyl adjacent to an activating group) is 1. The number of benzene rings is 2. The number of amides is 1. The highest BCUT2D eigenvalue weighted by Gasteiger charge is 2.36. The van der Waals surface area contributed by atoms with Crippen LogP contribution >= 0.6 is 0 Å². The van der Waals surface area contributed by atoms with Gasteiger partial charge >= 0.3 is 11.9 Å². The average Bonchev–Trinajstić information content (AvgIpc) is 2.85. The Morgan fingerprint density at radius 2 is 1.66 bits per heavy atom. The number of H-pyrrole nitrogens is 1. The molecule has 0 aliphatic rings. The second kappa shape index (κ2) is 11.2. The molecule has 0 aliphatic heterocycles. The molecule has 1 aromatic heterocycles. The first-order valence-electron chi connectivity index (χ1n) is 10.6. The smallest absolute Gasteiger partial charge is 0.423 e. The van der Waals surface area contributed by atoms with Gasteiger partial charge in [0.1, 0.15) is 28.9 Å². The summed E-state index contributed by atoms with van der Waals surface area (Å²) in [6, 6.07) is 8.28. The minimum atomic E-state index is -5.07. The number of hydrogen-bond acceptors (Lipinski definition) is 7. The Kier molecular flexibility index (Phi) is 8.38. The average molecular weight is 560 g/mol. The van der Waals surface area contributed by atoms with Crippen LogP contribution in [-0.4, -0.2) is 46.5 Å². The number of hydroxylamine groups is 1. The number of halogens is 4. The van der Waals surface area contributed by atoms with Gasteiger partial charge in [-0.15, -0.1) is 0 Å². The Morgan fingerprint density at radius 1 is 1.11 bits per heavy atom. The van der Waals surface area contributed by atoms with Gasteiger partial charge in [-0.1, -0.05) is 0 Å². The highest BCUT2D eigenvalue weighted by atomic mass is 32.2. The van der Waals surface area contributed by atoms with Crippen molar-refractivity contribution < 1.29 is 40.7 Å². The van der Waals surface area contributed by atoms with Crippen LogP contribution < -0.4 is 21.5 Å². The van der Waals surface area contributed by atoms with Gasteiger partial charge < -0.3 is 4.74 Å². The van der Waals surface area contributed by atoms with Crippen LogP contribution in [0, 0.1) is 5.82 Å². The standard InChI is InChI=1S/C22H20F4N4O7S/c1-29(38(35,36)16-8-6-15(7-9-16)37-14-4-2-13(23)3-5-14)18(20(32)28-34)10-11-30-12-17(22(24,25)26)19(31)27-21(30)33/h2-9,12,18,34H,10-11H2,1H3,(H,28,32)(H,27,31,33). The Balaban J connectivity index is 1.82. The fourth-order valence-corrected chi connectivity index (χ4v) is 4.69. The van der Waals surface area contributed by atoms with Crippen LogP contribution in [0.2, 0.25) is 0 Å². The Hall–Kier alpha value is -4.02. The first-order valence-corrected chi connectivity index (χ1v) is 12.0. The molecule has 1 unspecified atom stereocenters. The van der Waals surface area contributed by atoms with Crippen molar-refractivity contribution in [1.82, 2.24) is 19.3 Å². The van der Waals surface area contributed by atoms with Gasteiger partial charge in [-0.05, 0) is 55.0 Å². The zero-order valence-corrected chi connectivity index (χ0v) is 20.2. The summed E-state index contributed by atoms with van der Waals surface area (Å²) in [5.41, 5.74) is -3.25. The molecule has 204 valence electrons.